The Labute approximate surface area is 141 Å². The Morgan fingerprint density at radius 3 is 2.58 bits per heavy atom. The first-order valence-electron chi connectivity index (χ1n) is 8.15. The second-order valence-electron chi connectivity index (χ2n) is 6.09. The molecule has 1 fully saturated rings. The van der Waals surface area contributed by atoms with Crippen LogP contribution in [0.3, 0.4) is 0 Å². The van der Waals surface area contributed by atoms with Crippen molar-refractivity contribution in [3.8, 4) is 6.07 Å². The molecule has 24 heavy (non-hydrogen) atoms. The highest BCUT2D eigenvalue weighted by Gasteiger charge is 2.39. The van der Waals surface area contributed by atoms with Gasteiger partial charge in [-0.2, -0.15) is 5.26 Å². The van der Waals surface area contributed by atoms with Crippen LogP contribution in [-0.2, 0) is 6.54 Å². The molecule has 134 valence electrons. The van der Waals surface area contributed by atoms with Crippen molar-refractivity contribution in [2.75, 3.05) is 13.1 Å². The first-order chi connectivity index (χ1) is 11.4. The van der Waals surface area contributed by atoms with Gasteiger partial charge in [-0.25, -0.2) is 17.6 Å². The molecule has 0 bridgehead atoms. The molecule has 1 heterocycles. The van der Waals surface area contributed by atoms with Crippen molar-refractivity contribution < 1.29 is 17.6 Å². The first-order valence-corrected chi connectivity index (χ1v) is 8.15. The molecule has 2 atom stereocenters. The molecule has 1 aliphatic heterocycles. The van der Waals surface area contributed by atoms with Crippen LogP contribution < -0.4 is 0 Å². The number of rotatable bonds is 4. The molecule has 6 heteroatoms. The third kappa shape index (κ3) is 4.94. The molecular formula is C18H24F4N2. The van der Waals surface area contributed by atoms with Gasteiger partial charge in [-0.3, -0.25) is 4.90 Å². The summed E-state index contributed by atoms with van der Waals surface area (Å²) in [4.78, 5) is 1.71. The summed E-state index contributed by atoms with van der Waals surface area (Å²) in [6.45, 7) is 6.42. The zero-order valence-corrected chi connectivity index (χ0v) is 14.3. The first kappa shape index (κ1) is 20.4. The van der Waals surface area contributed by atoms with Crippen LogP contribution in [0, 0.1) is 22.6 Å². The number of benzene rings is 1. The average molecular weight is 344 g/mol. The monoisotopic (exact) mass is 344 g/mol. The van der Waals surface area contributed by atoms with E-state index in [-0.39, 0.29) is 30.6 Å². The Bertz CT molecular complexity index is 571. The Morgan fingerprint density at radius 2 is 2.04 bits per heavy atom. The van der Waals surface area contributed by atoms with E-state index in [0.717, 1.165) is 18.2 Å². The standard InChI is InChI=1S/C16H18F4N2.C2H6/c1-16(4-6-21)5-7-22(10-14(16)18)9-12-8-11(15(19)20)2-3-13(12)17;1-2/h2-3,8,14-15H,4-5,7,9-10H2,1H3;1-2H3. The average Bonchev–Trinajstić information content (AvgIpc) is 2.55. The van der Waals surface area contributed by atoms with E-state index in [4.69, 9.17) is 5.26 Å². The van der Waals surface area contributed by atoms with E-state index < -0.39 is 23.8 Å². The topological polar surface area (TPSA) is 27.0 Å². The van der Waals surface area contributed by atoms with Crippen LogP contribution in [0.25, 0.3) is 0 Å². The molecule has 0 N–H and O–H groups in total. The number of halogens is 4. The minimum absolute atomic E-state index is 0.0799. The molecule has 2 rings (SSSR count). The zero-order chi connectivity index (χ0) is 18.3. The van der Waals surface area contributed by atoms with Crippen molar-refractivity contribution in [1.82, 2.24) is 4.90 Å². The second kappa shape index (κ2) is 9.03. The molecule has 1 aromatic rings. The van der Waals surface area contributed by atoms with E-state index in [2.05, 4.69) is 0 Å². The molecule has 2 unspecified atom stereocenters. The molecule has 0 radical (unpaired) electrons. The van der Waals surface area contributed by atoms with Gasteiger partial charge in [-0.1, -0.05) is 26.8 Å². The van der Waals surface area contributed by atoms with Gasteiger partial charge in [0.25, 0.3) is 6.43 Å². The molecule has 0 saturated carbocycles. The van der Waals surface area contributed by atoms with E-state index >= 15 is 0 Å². The van der Waals surface area contributed by atoms with E-state index in [1.54, 1.807) is 11.8 Å². The fourth-order valence-electron chi connectivity index (χ4n) is 2.72. The van der Waals surface area contributed by atoms with Crippen molar-refractivity contribution in [2.45, 2.75) is 52.8 Å². The quantitative estimate of drug-likeness (QED) is 0.697. The van der Waals surface area contributed by atoms with Gasteiger partial charge in [0, 0.05) is 36.1 Å². The Balaban J connectivity index is 0.00000139. The SMILES string of the molecule is CC.CC1(CC#N)CCN(Cc2cc(C(F)F)ccc2F)CC1F. The second-order valence-corrected chi connectivity index (χ2v) is 6.09. The lowest BCUT2D eigenvalue weighted by atomic mass is 9.76. The molecular weight excluding hydrogens is 320 g/mol. The number of piperidine rings is 1. The minimum Gasteiger partial charge on any atom is -0.296 e. The largest absolute Gasteiger partial charge is 0.296 e. The number of alkyl halides is 3. The van der Waals surface area contributed by atoms with E-state index in [1.807, 2.05) is 19.9 Å². The number of hydrogen-bond donors (Lipinski definition) is 0. The third-order valence-electron chi connectivity index (χ3n) is 4.37. The maximum Gasteiger partial charge on any atom is 0.263 e. The summed E-state index contributed by atoms with van der Waals surface area (Å²) in [5.74, 6) is -0.565. The summed E-state index contributed by atoms with van der Waals surface area (Å²) in [6, 6.07) is 5.21. The predicted octanol–water partition coefficient (Wildman–Crippen LogP) is 5.25. The lowest BCUT2D eigenvalue weighted by Gasteiger charge is -2.41. The van der Waals surface area contributed by atoms with Gasteiger partial charge in [0.15, 0.2) is 0 Å². The molecule has 0 spiro atoms. The zero-order valence-electron chi connectivity index (χ0n) is 14.3. The van der Waals surface area contributed by atoms with Crippen molar-refractivity contribution in [3.63, 3.8) is 0 Å². The molecule has 1 aliphatic rings. The number of nitriles is 1. The van der Waals surface area contributed by atoms with E-state index in [9.17, 15) is 17.6 Å². The van der Waals surface area contributed by atoms with Gasteiger partial charge in [0.2, 0.25) is 0 Å². The van der Waals surface area contributed by atoms with E-state index in [1.165, 1.54) is 0 Å². The lowest BCUT2D eigenvalue weighted by molar-refractivity contribution is 0.0181. The van der Waals surface area contributed by atoms with Crippen molar-refractivity contribution >= 4 is 0 Å². The van der Waals surface area contributed by atoms with E-state index in [0.29, 0.717) is 13.0 Å². The van der Waals surface area contributed by atoms with Crippen LogP contribution in [0.15, 0.2) is 18.2 Å². The molecule has 2 nitrogen and oxygen atoms in total. The number of likely N-dealkylation sites (tertiary alicyclic amines) is 1. The molecule has 0 aromatic heterocycles. The summed E-state index contributed by atoms with van der Waals surface area (Å²) >= 11 is 0. The predicted molar refractivity (Wildman–Crippen MR) is 85.8 cm³/mol. The summed E-state index contributed by atoms with van der Waals surface area (Å²) in [5, 5.41) is 8.77. The smallest absolute Gasteiger partial charge is 0.263 e. The Morgan fingerprint density at radius 1 is 1.38 bits per heavy atom. The summed E-state index contributed by atoms with van der Waals surface area (Å²) in [7, 11) is 0. The summed E-state index contributed by atoms with van der Waals surface area (Å²) < 4.78 is 53.4. The number of hydrogen-bond acceptors (Lipinski definition) is 2. The molecule has 1 saturated heterocycles. The Hall–Kier alpha value is -1.61. The van der Waals surface area contributed by atoms with Crippen LogP contribution in [-0.4, -0.2) is 24.2 Å². The van der Waals surface area contributed by atoms with Crippen LogP contribution in [0.4, 0.5) is 17.6 Å². The van der Waals surface area contributed by atoms with Crippen LogP contribution >= 0.6 is 0 Å². The van der Waals surface area contributed by atoms with Gasteiger partial charge in [-0.15, -0.1) is 0 Å². The van der Waals surface area contributed by atoms with Crippen molar-refractivity contribution in [1.29, 1.82) is 5.26 Å². The maximum atomic E-state index is 14.3. The molecule has 0 amide bonds. The highest BCUT2D eigenvalue weighted by molar-refractivity contribution is 5.26. The van der Waals surface area contributed by atoms with Gasteiger partial charge in [0.05, 0.1) is 6.07 Å². The van der Waals surface area contributed by atoms with Gasteiger partial charge in [0.1, 0.15) is 12.0 Å². The van der Waals surface area contributed by atoms with Crippen molar-refractivity contribution in [2.24, 2.45) is 5.41 Å². The summed E-state index contributed by atoms with van der Waals surface area (Å²) in [6.07, 6.45) is -3.23. The van der Waals surface area contributed by atoms with Gasteiger partial charge < -0.3 is 0 Å². The lowest BCUT2D eigenvalue weighted by Crippen LogP contribution is -2.47. The minimum atomic E-state index is -2.66. The number of nitrogens with zero attached hydrogens (tertiary/aromatic N) is 2. The summed E-state index contributed by atoms with van der Waals surface area (Å²) in [5.41, 5.74) is -0.775. The highest BCUT2D eigenvalue weighted by Crippen LogP contribution is 2.37. The van der Waals surface area contributed by atoms with Crippen LogP contribution in [0.2, 0.25) is 0 Å². The normalized spacial score (nSPS) is 24.2. The molecule has 1 aromatic carbocycles. The fourth-order valence-corrected chi connectivity index (χ4v) is 2.72. The fraction of sp³-hybridized carbons (Fsp3) is 0.611. The van der Waals surface area contributed by atoms with Crippen molar-refractivity contribution in [3.05, 3.63) is 35.1 Å². The van der Waals surface area contributed by atoms with Gasteiger partial charge >= 0.3 is 0 Å². The van der Waals surface area contributed by atoms with Crippen LogP contribution in [0.1, 0.15) is 51.2 Å². The van der Waals surface area contributed by atoms with Gasteiger partial charge in [-0.05, 0) is 25.1 Å². The van der Waals surface area contributed by atoms with Crippen LogP contribution in [0.5, 0.6) is 0 Å². The third-order valence-corrected chi connectivity index (χ3v) is 4.37. The molecule has 0 aliphatic carbocycles. The highest BCUT2D eigenvalue weighted by atomic mass is 19.3. The maximum absolute atomic E-state index is 14.3. The Kier molecular flexibility index (Phi) is 7.68.